The molecule has 0 bridgehead atoms. The predicted octanol–water partition coefficient (Wildman–Crippen LogP) is -0.559. The van der Waals surface area contributed by atoms with E-state index in [1.807, 2.05) is 0 Å². The van der Waals surface area contributed by atoms with Crippen molar-refractivity contribution in [2.45, 2.75) is 24.4 Å². The van der Waals surface area contributed by atoms with Crippen LogP contribution in [0.5, 0.6) is 0 Å². The molecule has 3 atom stereocenters. The number of halogens is 1. The van der Waals surface area contributed by atoms with Crippen molar-refractivity contribution >= 4 is 0 Å². The molecule has 1 saturated heterocycles. The standard InChI is InChI=1S/C7H13FO4/c1-11-7(4-9)6(10)2-5(3-8)12-7/h5-6,9-10H,2-4H2,1H3/t5?,6-,7?/m0/s1. The third-order valence-corrected chi connectivity index (χ3v) is 2.10. The first-order valence-corrected chi connectivity index (χ1v) is 3.76. The quantitative estimate of drug-likeness (QED) is 0.611. The van der Waals surface area contributed by atoms with Gasteiger partial charge in [-0.15, -0.1) is 0 Å². The molecule has 2 N–H and O–H groups in total. The van der Waals surface area contributed by atoms with Crippen LogP contribution in [0.3, 0.4) is 0 Å². The molecule has 0 aromatic heterocycles. The van der Waals surface area contributed by atoms with Crippen molar-refractivity contribution in [2.24, 2.45) is 0 Å². The maximum atomic E-state index is 12.1. The number of methoxy groups -OCH3 is 1. The highest BCUT2D eigenvalue weighted by atomic mass is 19.1. The van der Waals surface area contributed by atoms with Gasteiger partial charge in [-0.3, -0.25) is 0 Å². The Kier molecular flexibility index (Phi) is 3.00. The molecule has 2 unspecified atom stereocenters. The SMILES string of the molecule is COC1(CO)OC(CF)C[C@@H]1O. The summed E-state index contributed by atoms with van der Waals surface area (Å²) in [5.74, 6) is -1.42. The van der Waals surface area contributed by atoms with Gasteiger partial charge in [-0.25, -0.2) is 4.39 Å². The highest BCUT2D eigenvalue weighted by Gasteiger charge is 2.48. The Morgan fingerprint density at radius 3 is 2.67 bits per heavy atom. The van der Waals surface area contributed by atoms with Crippen LogP contribution in [0.4, 0.5) is 4.39 Å². The van der Waals surface area contributed by atoms with E-state index in [0.29, 0.717) is 0 Å². The monoisotopic (exact) mass is 180 g/mol. The average Bonchev–Trinajstić information content (AvgIpc) is 2.43. The fourth-order valence-electron chi connectivity index (χ4n) is 1.32. The zero-order valence-electron chi connectivity index (χ0n) is 6.86. The summed E-state index contributed by atoms with van der Waals surface area (Å²) in [5.41, 5.74) is 0. The van der Waals surface area contributed by atoms with Crippen LogP contribution in [0.25, 0.3) is 0 Å². The summed E-state index contributed by atoms with van der Waals surface area (Å²) in [5, 5.41) is 18.2. The molecular formula is C7H13FO4. The maximum absolute atomic E-state index is 12.1. The Bertz CT molecular complexity index is 148. The number of aliphatic hydroxyl groups is 2. The largest absolute Gasteiger partial charge is 0.391 e. The highest BCUT2D eigenvalue weighted by molar-refractivity contribution is 4.88. The van der Waals surface area contributed by atoms with Crippen LogP contribution in [0, 0.1) is 0 Å². The topological polar surface area (TPSA) is 58.9 Å². The zero-order chi connectivity index (χ0) is 9.19. The van der Waals surface area contributed by atoms with E-state index in [4.69, 9.17) is 14.6 Å². The molecule has 0 aromatic carbocycles. The molecule has 72 valence electrons. The second kappa shape index (κ2) is 3.66. The molecule has 0 aromatic rings. The first-order valence-electron chi connectivity index (χ1n) is 3.76. The van der Waals surface area contributed by atoms with Gasteiger partial charge in [0.2, 0.25) is 5.79 Å². The normalized spacial score (nSPS) is 42.0. The second-order valence-corrected chi connectivity index (χ2v) is 2.82. The fraction of sp³-hybridized carbons (Fsp3) is 1.00. The van der Waals surface area contributed by atoms with Gasteiger partial charge in [0.1, 0.15) is 12.8 Å². The fourth-order valence-corrected chi connectivity index (χ4v) is 1.32. The van der Waals surface area contributed by atoms with E-state index in [-0.39, 0.29) is 6.42 Å². The number of hydrogen-bond donors (Lipinski definition) is 2. The number of aliphatic hydroxyl groups excluding tert-OH is 2. The van der Waals surface area contributed by atoms with Gasteiger partial charge in [0.05, 0.1) is 12.7 Å². The van der Waals surface area contributed by atoms with Gasteiger partial charge in [0.25, 0.3) is 0 Å². The Hall–Kier alpha value is -0.230. The van der Waals surface area contributed by atoms with Crippen molar-refractivity contribution in [3.8, 4) is 0 Å². The average molecular weight is 180 g/mol. The lowest BCUT2D eigenvalue weighted by molar-refractivity contribution is -0.261. The van der Waals surface area contributed by atoms with Crippen molar-refractivity contribution in [3.63, 3.8) is 0 Å². The van der Waals surface area contributed by atoms with Crippen molar-refractivity contribution < 1.29 is 24.1 Å². The first-order chi connectivity index (χ1) is 5.68. The van der Waals surface area contributed by atoms with Crippen molar-refractivity contribution in [1.29, 1.82) is 0 Å². The van der Waals surface area contributed by atoms with E-state index in [1.54, 1.807) is 0 Å². The minimum Gasteiger partial charge on any atom is -0.391 e. The number of hydrogen-bond acceptors (Lipinski definition) is 4. The highest BCUT2D eigenvalue weighted by Crippen LogP contribution is 2.31. The van der Waals surface area contributed by atoms with E-state index in [2.05, 4.69) is 0 Å². The summed E-state index contributed by atoms with van der Waals surface area (Å²) >= 11 is 0. The molecule has 1 aliphatic heterocycles. The van der Waals surface area contributed by atoms with E-state index in [1.165, 1.54) is 7.11 Å². The smallest absolute Gasteiger partial charge is 0.218 e. The lowest BCUT2D eigenvalue weighted by Crippen LogP contribution is -2.45. The van der Waals surface area contributed by atoms with E-state index < -0.39 is 31.3 Å². The minimum absolute atomic E-state index is 0.158. The van der Waals surface area contributed by atoms with E-state index in [9.17, 15) is 9.50 Å². The molecule has 5 heteroatoms. The summed E-state index contributed by atoms with van der Waals surface area (Å²) < 4.78 is 21.9. The summed E-state index contributed by atoms with van der Waals surface area (Å²) in [6.07, 6.45) is -1.48. The Balaban J connectivity index is 2.65. The molecule has 1 heterocycles. The van der Waals surface area contributed by atoms with Crippen LogP contribution in [0.15, 0.2) is 0 Å². The number of rotatable bonds is 3. The lowest BCUT2D eigenvalue weighted by Gasteiger charge is -2.27. The second-order valence-electron chi connectivity index (χ2n) is 2.82. The van der Waals surface area contributed by atoms with Gasteiger partial charge < -0.3 is 19.7 Å². The molecule has 0 spiro atoms. The van der Waals surface area contributed by atoms with Crippen LogP contribution in [-0.4, -0.2) is 48.6 Å². The van der Waals surface area contributed by atoms with Crippen LogP contribution >= 0.6 is 0 Å². The van der Waals surface area contributed by atoms with Gasteiger partial charge >= 0.3 is 0 Å². The maximum Gasteiger partial charge on any atom is 0.218 e. The molecule has 0 amide bonds. The van der Waals surface area contributed by atoms with Gasteiger partial charge in [-0.1, -0.05) is 0 Å². The molecular weight excluding hydrogens is 167 g/mol. The van der Waals surface area contributed by atoms with Gasteiger partial charge in [0.15, 0.2) is 0 Å². The summed E-state index contributed by atoms with van der Waals surface area (Å²) in [4.78, 5) is 0. The molecule has 0 aliphatic carbocycles. The lowest BCUT2D eigenvalue weighted by atomic mass is 10.1. The molecule has 0 radical (unpaired) electrons. The molecule has 4 nitrogen and oxygen atoms in total. The third-order valence-electron chi connectivity index (χ3n) is 2.10. The van der Waals surface area contributed by atoms with Crippen LogP contribution in [0.1, 0.15) is 6.42 Å². The third kappa shape index (κ3) is 1.45. The minimum atomic E-state index is -1.42. The molecule has 1 fully saturated rings. The zero-order valence-corrected chi connectivity index (χ0v) is 6.86. The van der Waals surface area contributed by atoms with E-state index >= 15 is 0 Å². The van der Waals surface area contributed by atoms with Crippen molar-refractivity contribution in [1.82, 2.24) is 0 Å². The van der Waals surface area contributed by atoms with E-state index in [0.717, 1.165) is 0 Å². The van der Waals surface area contributed by atoms with Gasteiger partial charge in [-0.05, 0) is 0 Å². The molecule has 12 heavy (non-hydrogen) atoms. The van der Waals surface area contributed by atoms with Crippen LogP contribution in [0.2, 0.25) is 0 Å². The van der Waals surface area contributed by atoms with Gasteiger partial charge in [0, 0.05) is 13.5 Å². The molecule has 1 aliphatic rings. The summed E-state index contributed by atoms with van der Waals surface area (Å²) in [6.45, 7) is -1.15. The summed E-state index contributed by atoms with van der Waals surface area (Å²) in [7, 11) is 1.31. The molecule has 0 saturated carbocycles. The molecule has 1 rings (SSSR count). The van der Waals surface area contributed by atoms with Crippen LogP contribution < -0.4 is 0 Å². The van der Waals surface area contributed by atoms with Crippen molar-refractivity contribution in [2.75, 3.05) is 20.4 Å². The Labute approximate surface area is 69.9 Å². The van der Waals surface area contributed by atoms with Crippen molar-refractivity contribution in [3.05, 3.63) is 0 Å². The van der Waals surface area contributed by atoms with Gasteiger partial charge in [-0.2, -0.15) is 0 Å². The summed E-state index contributed by atoms with van der Waals surface area (Å²) in [6, 6.07) is 0. The number of alkyl halides is 1. The first kappa shape index (κ1) is 9.85. The Morgan fingerprint density at radius 1 is 1.75 bits per heavy atom. The Morgan fingerprint density at radius 2 is 2.42 bits per heavy atom. The van der Waals surface area contributed by atoms with Crippen LogP contribution in [-0.2, 0) is 9.47 Å². The predicted molar refractivity (Wildman–Crippen MR) is 38.3 cm³/mol. The number of ether oxygens (including phenoxy) is 2.